The SMILES string of the molecule is Cc1ccc(S(=O)(=O)n2ccc(C(=O)N3CCC(N)CC3)c2)cc1. The normalized spacial score (nSPS) is 16.3. The molecule has 0 atom stereocenters. The van der Waals surface area contributed by atoms with E-state index in [-0.39, 0.29) is 16.8 Å². The second kappa shape index (κ2) is 6.41. The van der Waals surface area contributed by atoms with E-state index in [1.165, 1.54) is 12.4 Å². The van der Waals surface area contributed by atoms with E-state index in [0.717, 1.165) is 22.4 Å². The lowest BCUT2D eigenvalue weighted by molar-refractivity contribution is 0.0715. The highest BCUT2D eigenvalue weighted by molar-refractivity contribution is 7.90. The first-order valence-electron chi connectivity index (χ1n) is 7.93. The number of aryl methyl sites for hydroxylation is 1. The van der Waals surface area contributed by atoms with Crippen LogP contribution in [0.4, 0.5) is 0 Å². The first kappa shape index (κ1) is 16.7. The highest BCUT2D eigenvalue weighted by Crippen LogP contribution is 2.18. The molecule has 3 rings (SSSR count). The van der Waals surface area contributed by atoms with Gasteiger partial charge in [0.05, 0.1) is 10.5 Å². The summed E-state index contributed by atoms with van der Waals surface area (Å²) in [7, 11) is -3.68. The topological polar surface area (TPSA) is 85.4 Å². The molecule has 1 saturated heterocycles. The predicted octanol–water partition coefficient (Wildman–Crippen LogP) is 1.60. The summed E-state index contributed by atoms with van der Waals surface area (Å²) >= 11 is 0. The summed E-state index contributed by atoms with van der Waals surface area (Å²) in [6, 6.07) is 8.32. The number of nitrogens with two attached hydrogens (primary N) is 1. The van der Waals surface area contributed by atoms with Crippen molar-refractivity contribution in [3.63, 3.8) is 0 Å². The summed E-state index contributed by atoms with van der Waals surface area (Å²) in [5, 5.41) is 0. The molecule has 128 valence electrons. The van der Waals surface area contributed by atoms with Gasteiger partial charge in [0.25, 0.3) is 15.9 Å². The molecular formula is C17H21N3O3S. The molecule has 0 saturated carbocycles. The van der Waals surface area contributed by atoms with Crippen LogP contribution in [-0.4, -0.2) is 42.3 Å². The van der Waals surface area contributed by atoms with E-state index in [9.17, 15) is 13.2 Å². The molecule has 1 aromatic carbocycles. The number of amides is 1. The van der Waals surface area contributed by atoms with Gasteiger partial charge >= 0.3 is 0 Å². The molecule has 6 nitrogen and oxygen atoms in total. The van der Waals surface area contributed by atoms with Crippen LogP contribution >= 0.6 is 0 Å². The second-order valence-corrected chi connectivity index (χ2v) is 8.02. The van der Waals surface area contributed by atoms with Crippen molar-refractivity contribution in [2.75, 3.05) is 13.1 Å². The first-order valence-corrected chi connectivity index (χ1v) is 9.37. The van der Waals surface area contributed by atoms with Crippen molar-refractivity contribution in [2.45, 2.75) is 30.7 Å². The third-order valence-corrected chi connectivity index (χ3v) is 5.99. The fourth-order valence-electron chi connectivity index (χ4n) is 2.77. The molecule has 0 aliphatic carbocycles. The zero-order chi connectivity index (χ0) is 17.3. The molecule has 1 aliphatic rings. The Labute approximate surface area is 141 Å². The number of aromatic nitrogens is 1. The average Bonchev–Trinajstić information content (AvgIpc) is 3.06. The summed E-state index contributed by atoms with van der Waals surface area (Å²) in [5.41, 5.74) is 7.21. The third kappa shape index (κ3) is 3.22. The van der Waals surface area contributed by atoms with Gasteiger partial charge in [-0.2, -0.15) is 0 Å². The second-order valence-electron chi connectivity index (χ2n) is 6.18. The predicted molar refractivity (Wildman–Crippen MR) is 91.3 cm³/mol. The summed E-state index contributed by atoms with van der Waals surface area (Å²) in [6.07, 6.45) is 4.34. The van der Waals surface area contributed by atoms with Crippen LogP contribution in [0, 0.1) is 6.92 Å². The highest BCUT2D eigenvalue weighted by atomic mass is 32.2. The minimum absolute atomic E-state index is 0.139. The van der Waals surface area contributed by atoms with Crippen LogP contribution in [0.1, 0.15) is 28.8 Å². The zero-order valence-corrected chi connectivity index (χ0v) is 14.4. The van der Waals surface area contributed by atoms with Gasteiger partial charge in [-0.15, -0.1) is 0 Å². The molecule has 1 fully saturated rings. The Hall–Kier alpha value is -2.12. The Morgan fingerprint density at radius 2 is 1.75 bits per heavy atom. The largest absolute Gasteiger partial charge is 0.338 e. The molecule has 2 N–H and O–H groups in total. The number of piperidine rings is 1. The highest BCUT2D eigenvalue weighted by Gasteiger charge is 2.24. The van der Waals surface area contributed by atoms with E-state index >= 15 is 0 Å². The van der Waals surface area contributed by atoms with E-state index in [4.69, 9.17) is 5.73 Å². The van der Waals surface area contributed by atoms with Crippen molar-refractivity contribution in [2.24, 2.45) is 5.73 Å². The molecule has 1 aliphatic heterocycles. The molecule has 0 bridgehead atoms. The van der Waals surface area contributed by atoms with Gasteiger partial charge in [0.1, 0.15) is 0 Å². The van der Waals surface area contributed by atoms with Gasteiger partial charge < -0.3 is 10.6 Å². The van der Waals surface area contributed by atoms with Crippen LogP contribution in [0.5, 0.6) is 0 Å². The molecule has 2 aromatic rings. The van der Waals surface area contributed by atoms with Crippen LogP contribution < -0.4 is 5.73 Å². The van der Waals surface area contributed by atoms with Crippen molar-refractivity contribution in [3.05, 3.63) is 53.9 Å². The van der Waals surface area contributed by atoms with E-state index in [1.807, 2.05) is 6.92 Å². The Balaban J connectivity index is 1.82. The number of nitrogens with zero attached hydrogens (tertiary/aromatic N) is 2. The van der Waals surface area contributed by atoms with Crippen LogP contribution in [-0.2, 0) is 10.0 Å². The molecule has 7 heteroatoms. The Bertz CT molecular complexity index is 832. The minimum atomic E-state index is -3.68. The van der Waals surface area contributed by atoms with Crippen LogP contribution in [0.3, 0.4) is 0 Å². The molecule has 24 heavy (non-hydrogen) atoms. The number of hydrogen-bond donors (Lipinski definition) is 1. The molecule has 0 spiro atoms. The van der Waals surface area contributed by atoms with E-state index in [2.05, 4.69) is 0 Å². The maximum absolute atomic E-state index is 12.6. The molecular weight excluding hydrogens is 326 g/mol. The lowest BCUT2D eigenvalue weighted by atomic mass is 10.1. The van der Waals surface area contributed by atoms with Crippen molar-refractivity contribution < 1.29 is 13.2 Å². The van der Waals surface area contributed by atoms with Crippen LogP contribution in [0.25, 0.3) is 0 Å². The fourth-order valence-corrected chi connectivity index (χ4v) is 3.97. The molecule has 1 aromatic heterocycles. The number of carbonyl (C=O) groups is 1. The Morgan fingerprint density at radius 1 is 1.12 bits per heavy atom. The van der Waals surface area contributed by atoms with Gasteiger partial charge in [-0.3, -0.25) is 4.79 Å². The molecule has 0 radical (unpaired) electrons. The van der Waals surface area contributed by atoms with Crippen LogP contribution in [0.15, 0.2) is 47.6 Å². The zero-order valence-electron chi connectivity index (χ0n) is 13.6. The fraction of sp³-hybridized carbons (Fsp3) is 0.353. The summed E-state index contributed by atoms with van der Waals surface area (Å²) in [4.78, 5) is 14.4. The van der Waals surface area contributed by atoms with Gasteiger partial charge in [0, 0.05) is 31.5 Å². The van der Waals surface area contributed by atoms with E-state index in [0.29, 0.717) is 18.7 Å². The van der Waals surface area contributed by atoms with Crippen molar-refractivity contribution in [3.8, 4) is 0 Å². The van der Waals surface area contributed by atoms with Crippen molar-refractivity contribution in [1.29, 1.82) is 0 Å². The Morgan fingerprint density at radius 3 is 2.38 bits per heavy atom. The first-order chi connectivity index (χ1) is 11.4. The number of rotatable bonds is 3. The minimum Gasteiger partial charge on any atom is -0.338 e. The number of hydrogen-bond acceptors (Lipinski definition) is 4. The number of benzene rings is 1. The van der Waals surface area contributed by atoms with Gasteiger partial charge in [-0.25, -0.2) is 12.4 Å². The van der Waals surface area contributed by atoms with Gasteiger partial charge in [0.2, 0.25) is 0 Å². The maximum atomic E-state index is 12.6. The van der Waals surface area contributed by atoms with Crippen LogP contribution in [0.2, 0.25) is 0 Å². The Kier molecular flexibility index (Phi) is 4.47. The molecule has 0 unspecified atom stereocenters. The maximum Gasteiger partial charge on any atom is 0.267 e. The van der Waals surface area contributed by atoms with E-state index in [1.54, 1.807) is 35.2 Å². The smallest absolute Gasteiger partial charge is 0.267 e. The lowest BCUT2D eigenvalue weighted by Crippen LogP contribution is -2.42. The standard InChI is InChI=1S/C17H21N3O3S/c1-13-2-4-16(5-3-13)24(22,23)20-11-6-14(12-20)17(21)19-9-7-15(18)8-10-19/h2-6,11-12,15H,7-10,18H2,1H3. The van der Waals surface area contributed by atoms with Gasteiger partial charge in [0.15, 0.2) is 0 Å². The summed E-state index contributed by atoms with van der Waals surface area (Å²) in [5.74, 6) is -0.153. The summed E-state index contributed by atoms with van der Waals surface area (Å²) < 4.78 is 26.3. The van der Waals surface area contributed by atoms with Gasteiger partial charge in [-0.1, -0.05) is 17.7 Å². The van der Waals surface area contributed by atoms with E-state index < -0.39 is 10.0 Å². The van der Waals surface area contributed by atoms with Crippen molar-refractivity contribution >= 4 is 15.9 Å². The summed E-state index contributed by atoms with van der Waals surface area (Å²) in [6.45, 7) is 3.11. The molecule has 2 heterocycles. The average molecular weight is 347 g/mol. The third-order valence-electron chi connectivity index (χ3n) is 4.34. The quantitative estimate of drug-likeness (QED) is 0.914. The number of likely N-dealkylation sites (tertiary alicyclic amines) is 1. The number of carbonyl (C=O) groups excluding carboxylic acids is 1. The van der Waals surface area contributed by atoms with Crippen molar-refractivity contribution in [1.82, 2.24) is 8.87 Å². The van der Waals surface area contributed by atoms with Gasteiger partial charge in [-0.05, 0) is 38.0 Å². The monoisotopic (exact) mass is 347 g/mol. The lowest BCUT2D eigenvalue weighted by Gasteiger charge is -2.29. The molecule has 1 amide bonds.